The van der Waals surface area contributed by atoms with Crippen LogP contribution in [0.5, 0.6) is 0 Å². The molecule has 53 heavy (non-hydrogen) atoms. The maximum absolute atomic E-state index is 3.60. The van der Waals surface area contributed by atoms with Gasteiger partial charge in [0.05, 0.1) is 0 Å². The quantitative estimate of drug-likeness (QED) is 0.115. The molecule has 4 aromatic carbocycles. The van der Waals surface area contributed by atoms with Crippen LogP contribution in [0.3, 0.4) is 0 Å². The van der Waals surface area contributed by atoms with E-state index >= 15 is 0 Å². The SMILES string of the molecule is CCCC[S][Sn]([S]CCCC)([CH]1c2ccc(C(C)(C)C)cc2-c2cc(C(C)(C)C)ccc21)[CH]1c2ccc(C(C)(C)C)cc2-c2cc(C(C)(C)C)ccc21. The minimum atomic E-state index is -3.60. The van der Waals surface area contributed by atoms with Crippen molar-refractivity contribution >= 4 is 33.5 Å². The molecular weight excluding hydrogens is 783 g/mol. The van der Waals surface area contributed by atoms with Crippen molar-refractivity contribution in [3.63, 3.8) is 0 Å². The van der Waals surface area contributed by atoms with Crippen LogP contribution in [-0.2, 0) is 21.7 Å². The number of benzene rings is 4. The molecule has 0 radical (unpaired) electrons. The number of fused-ring (bicyclic) bond motifs is 6. The summed E-state index contributed by atoms with van der Waals surface area (Å²) < 4.78 is 0.934. The summed E-state index contributed by atoms with van der Waals surface area (Å²) in [6.45, 7) is 33.3. The first-order chi connectivity index (χ1) is 24.7. The van der Waals surface area contributed by atoms with E-state index < -0.39 is 15.6 Å². The van der Waals surface area contributed by atoms with Crippen LogP contribution in [0, 0.1) is 0 Å². The number of hydrogen-bond acceptors (Lipinski definition) is 2. The zero-order valence-electron chi connectivity index (χ0n) is 35.6. The van der Waals surface area contributed by atoms with Gasteiger partial charge in [0.25, 0.3) is 0 Å². The average Bonchev–Trinajstić information content (AvgIpc) is 3.58. The third-order valence-corrected chi connectivity index (χ3v) is 44.3. The summed E-state index contributed by atoms with van der Waals surface area (Å²) in [5.74, 6) is 2.52. The zero-order valence-corrected chi connectivity index (χ0v) is 40.1. The number of rotatable bonds is 10. The Kier molecular flexibility index (Phi) is 11.6. The Hall–Kier alpha value is -1.62. The van der Waals surface area contributed by atoms with Gasteiger partial charge >= 0.3 is 337 Å². The summed E-state index contributed by atoms with van der Waals surface area (Å²) in [4.78, 5) is 0. The van der Waals surface area contributed by atoms with Crippen molar-refractivity contribution in [3.05, 3.63) is 117 Å². The van der Waals surface area contributed by atoms with Crippen molar-refractivity contribution in [1.82, 2.24) is 0 Å². The molecule has 0 atom stereocenters. The second-order valence-electron chi connectivity index (χ2n) is 20.2. The van der Waals surface area contributed by atoms with E-state index in [1.807, 2.05) is 0 Å². The summed E-state index contributed by atoms with van der Waals surface area (Å²) in [6.07, 6.45) is 5.07. The molecule has 0 amide bonds. The molecule has 0 aromatic heterocycles. The van der Waals surface area contributed by atoms with Crippen molar-refractivity contribution in [2.75, 3.05) is 11.5 Å². The molecule has 284 valence electrons. The van der Waals surface area contributed by atoms with E-state index in [1.165, 1.54) is 81.7 Å². The van der Waals surface area contributed by atoms with Crippen LogP contribution in [0.1, 0.15) is 175 Å². The van der Waals surface area contributed by atoms with Crippen LogP contribution in [-0.4, -0.2) is 27.1 Å². The van der Waals surface area contributed by atoms with Crippen molar-refractivity contribution < 1.29 is 0 Å². The van der Waals surface area contributed by atoms with E-state index in [1.54, 1.807) is 22.3 Å². The van der Waals surface area contributed by atoms with Gasteiger partial charge in [-0.25, -0.2) is 0 Å². The predicted octanol–water partition coefficient (Wildman–Crippen LogP) is 15.4. The molecule has 0 saturated heterocycles. The number of unbranched alkanes of at least 4 members (excludes halogenated alkanes) is 2. The molecule has 3 heteroatoms. The van der Waals surface area contributed by atoms with Crippen LogP contribution < -0.4 is 0 Å². The monoisotopic (exact) mass is 852 g/mol. The van der Waals surface area contributed by atoms with Gasteiger partial charge in [-0.1, -0.05) is 0 Å². The maximum atomic E-state index is 2.60. The molecule has 0 nitrogen and oxygen atoms in total. The normalized spacial score (nSPS) is 15.1. The summed E-state index contributed by atoms with van der Waals surface area (Å²) >= 11 is -3.60. The third-order valence-electron chi connectivity index (χ3n) is 12.0. The van der Waals surface area contributed by atoms with Gasteiger partial charge in [0.2, 0.25) is 0 Å². The molecule has 0 heterocycles. The van der Waals surface area contributed by atoms with Crippen LogP contribution >= 0.6 is 17.9 Å². The van der Waals surface area contributed by atoms with Crippen molar-refractivity contribution in [2.45, 2.75) is 152 Å². The van der Waals surface area contributed by atoms with Crippen LogP contribution in [0.4, 0.5) is 0 Å². The van der Waals surface area contributed by atoms with Gasteiger partial charge < -0.3 is 0 Å². The van der Waals surface area contributed by atoms with E-state index in [0.29, 0.717) is 7.87 Å². The molecule has 0 fully saturated rings. The van der Waals surface area contributed by atoms with E-state index in [-0.39, 0.29) is 21.7 Å². The molecule has 6 rings (SSSR count). The topological polar surface area (TPSA) is 0 Å². The summed E-state index contributed by atoms with van der Waals surface area (Å²) in [6, 6.07) is 30.8. The van der Waals surface area contributed by atoms with Crippen LogP contribution in [0.25, 0.3) is 22.3 Å². The molecule has 0 unspecified atom stereocenters. The first kappa shape index (κ1) is 41.0. The van der Waals surface area contributed by atoms with E-state index in [4.69, 9.17) is 0 Å². The van der Waals surface area contributed by atoms with Crippen molar-refractivity contribution in [3.8, 4) is 22.3 Å². The zero-order chi connectivity index (χ0) is 38.7. The Morgan fingerprint density at radius 2 is 0.660 bits per heavy atom. The van der Waals surface area contributed by atoms with Gasteiger partial charge in [0.15, 0.2) is 0 Å². The molecule has 2 aliphatic rings. The fourth-order valence-corrected chi connectivity index (χ4v) is 45.8. The Bertz CT molecular complexity index is 1690. The van der Waals surface area contributed by atoms with Gasteiger partial charge in [0.1, 0.15) is 0 Å². The molecule has 0 saturated carbocycles. The second kappa shape index (κ2) is 15.0. The van der Waals surface area contributed by atoms with Gasteiger partial charge in [0, 0.05) is 0 Å². The standard InChI is InChI=1S/2C21H25.2C4H10S.Sn/c2*1-20(2,3)16-9-7-14-11-15-8-10-17(21(4,5)6)13-19(15)18(14)12-16;2*1-2-3-4-5;/h2*7-13H,1-6H3;2*5H,2-4H2,1H3;/q;;;;+2/p-2. The van der Waals surface area contributed by atoms with Gasteiger partial charge in [-0.2, -0.15) is 0 Å². The molecule has 0 N–H and O–H groups in total. The third kappa shape index (κ3) is 7.87. The van der Waals surface area contributed by atoms with E-state index in [9.17, 15) is 0 Å². The molecule has 0 bridgehead atoms. The first-order valence-electron chi connectivity index (χ1n) is 20.6. The Labute approximate surface area is 334 Å². The average molecular weight is 852 g/mol. The Balaban J connectivity index is 1.71. The van der Waals surface area contributed by atoms with E-state index in [0.717, 1.165) is 0 Å². The minimum absolute atomic E-state index is 0.0971. The van der Waals surface area contributed by atoms with Gasteiger partial charge in [-0.15, -0.1) is 0 Å². The fourth-order valence-electron chi connectivity index (χ4n) is 8.53. The molecule has 2 aliphatic carbocycles. The molecule has 0 spiro atoms. The van der Waals surface area contributed by atoms with Crippen molar-refractivity contribution in [1.29, 1.82) is 0 Å². The summed E-state index contributed by atoms with van der Waals surface area (Å²) in [5, 5.41) is 0. The molecular formula is C50H68S2Sn. The Morgan fingerprint density at radius 3 is 0.868 bits per heavy atom. The van der Waals surface area contributed by atoms with Crippen LogP contribution in [0.2, 0.25) is 0 Å². The van der Waals surface area contributed by atoms with Gasteiger partial charge in [-0.05, 0) is 0 Å². The second-order valence-corrected chi connectivity index (χ2v) is 44.7. The fraction of sp³-hybridized carbons (Fsp3) is 0.520. The summed E-state index contributed by atoms with van der Waals surface area (Å²) in [5.41, 5.74) is 18.7. The number of hydrogen-bond donors (Lipinski definition) is 0. The van der Waals surface area contributed by atoms with Crippen LogP contribution in [0.15, 0.2) is 72.8 Å². The molecule has 0 aliphatic heterocycles. The predicted molar refractivity (Wildman–Crippen MR) is 243 cm³/mol. The van der Waals surface area contributed by atoms with Crippen molar-refractivity contribution in [2.24, 2.45) is 0 Å². The van der Waals surface area contributed by atoms with E-state index in [2.05, 4.69) is 188 Å². The Morgan fingerprint density at radius 1 is 0.415 bits per heavy atom. The summed E-state index contributed by atoms with van der Waals surface area (Å²) in [7, 11) is 5.01. The molecule has 4 aromatic rings. The van der Waals surface area contributed by atoms with Gasteiger partial charge in [-0.3, -0.25) is 0 Å². The first-order valence-corrected chi connectivity index (χ1v) is 32.8.